The van der Waals surface area contributed by atoms with Gasteiger partial charge in [-0.15, -0.1) is 0 Å². The van der Waals surface area contributed by atoms with Crippen LogP contribution in [0.4, 0.5) is 34.1 Å². The molecule has 0 atom stereocenters. The van der Waals surface area contributed by atoms with E-state index in [-0.39, 0.29) is 17.1 Å². The van der Waals surface area contributed by atoms with Crippen LogP contribution >= 0.6 is 0 Å². The summed E-state index contributed by atoms with van der Waals surface area (Å²) in [6.45, 7) is 4.40. The van der Waals surface area contributed by atoms with E-state index < -0.39 is 10.8 Å². The van der Waals surface area contributed by atoms with E-state index >= 15 is 0 Å². The number of nitrogens with zero attached hydrogens (tertiary/aromatic N) is 12. The van der Waals surface area contributed by atoms with Crippen LogP contribution in [0.1, 0.15) is 55.6 Å². The van der Waals surface area contributed by atoms with E-state index in [9.17, 15) is 0 Å². The molecule has 0 amide bonds. The summed E-state index contributed by atoms with van der Waals surface area (Å²) in [4.78, 5) is 53.6. The van der Waals surface area contributed by atoms with Crippen LogP contribution in [0.15, 0.2) is 498 Å². The number of benzene rings is 21. The molecule has 26 aromatic rings. The molecule has 5 aromatic heterocycles. The molecule has 703 valence electrons. The molecule has 2 aliphatic heterocycles. The van der Waals surface area contributed by atoms with Crippen molar-refractivity contribution in [3.05, 3.63) is 553 Å². The number of hydrogen-bond acceptors (Lipinski definition) is 10. The topological polar surface area (TPSA) is 138 Å². The van der Waals surface area contributed by atoms with E-state index in [0.717, 1.165) is 99.7 Å². The van der Waals surface area contributed by atoms with Gasteiger partial charge in [0.05, 0.1) is 56.5 Å². The zero-order valence-corrected chi connectivity index (χ0v) is 82.0. The van der Waals surface area contributed by atoms with Crippen molar-refractivity contribution in [1.82, 2.24) is 49.8 Å². The number of fused-ring (bicyclic) bond motifs is 29. The normalized spacial score (nSPS) is 12.6. The molecule has 0 N–H and O–H groups in total. The van der Waals surface area contributed by atoms with Gasteiger partial charge in [0.15, 0.2) is 0 Å². The maximum Gasteiger partial charge on any atom is 2.00 e. The molecule has 0 saturated heterocycles. The summed E-state index contributed by atoms with van der Waals surface area (Å²) in [6, 6.07) is 175. The minimum absolute atomic E-state index is 0. The van der Waals surface area contributed by atoms with Crippen LogP contribution in [0.5, 0.6) is 0 Å². The molecule has 0 fully saturated rings. The van der Waals surface area contributed by atoms with Crippen molar-refractivity contribution in [1.29, 1.82) is 0 Å². The summed E-state index contributed by atoms with van der Waals surface area (Å²) in [7, 11) is 0. The van der Waals surface area contributed by atoms with Gasteiger partial charge in [0.1, 0.15) is 0 Å². The molecule has 1 radical (unpaired) electrons. The summed E-state index contributed by atoms with van der Waals surface area (Å²) >= 11 is 0. The predicted octanol–water partition coefficient (Wildman–Crippen LogP) is 33.1. The monoisotopic (exact) mass is 1950 g/mol. The summed E-state index contributed by atoms with van der Waals surface area (Å²) < 4.78 is 0. The van der Waals surface area contributed by atoms with Gasteiger partial charge in [-0.1, -0.05) is 413 Å². The zero-order valence-electron chi connectivity index (χ0n) is 81.0. The Hall–Kier alpha value is -19.0. The molecule has 7 heterocycles. The Balaban J connectivity index is 0.000000133. The predicted molar refractivity (Wildman–Crippen MR) is 606 cm³/mol. The average Bonchev–Trinajstić information content (AvgIpc) is 1.63. The van der Waals surface area contributed by atoms with Gasteiger partial charge in [0.25, 0.3) is 0 Å². The summed E-state index contributed by atoms with van der Waals surface area (Å²) in [5, 5.41) is 13.1. The molecule has 0 spiro atoms. The van der Waals surface area contributed by atoms with E-state index in [1.54, 1.807) is 0 Å². The minimum atomic E-state index is -0.543. The second-order valence-corrected chi connectivity index (χ2v) is 38.4. The molecule has 12 nitrogen and oxygen atoms in total. The van der Waals surface area contributed by atoms with Crippen molar-refractivity contribution < 1.29 is 17.1 Å². The minimum Gasteiger partial charge on any atom is -0.357 e. The van der Waals surface area contributed by atoms with Crippen molar-refractivity contribution in [2.45, 2.75) is 24.7 Å². The van der Waals surface area contributed by atoms with Gasteiger partial charge in [0, 0.05) is 102 Å². The standard InChI is InChI=1S/C80H56N2.C32H16N8.C24H16N2.Cu/c1-53-21-17-29-61(49-53)81(63-31-19-27-59(51-63)79(57-23-5-3-6-24-57)71-37-13-9-33-65(71)66-34-10-14-38-72(66)79)75-47-43-55-42-46-70-76(48-44-56-41-45-69(75)77(55)78(56)70)82(62-30-18-22-54(2)50-62)64-32-20-28-60(52-64)80(58-25-7-4-8-26-58)73-39-15-11-35-67(73)68-36-12-16-40-74(68)80;1-2-10-18-17(9-1)25-33-26(18)38-28-21-13-5-6-14-22(21)30(35-28)40-32-24-16-8-7-15-23(24)31(36-32)39-29-20-12-4-3-11-19(20)27(34-29)37-25;1-3-7-17(8-4-1)19-13-15-25-23-21(19)11-12-22-20(14-16-26-24(22)23)18-9-5-2-6-10-18;/h3-52H,1-2H3;1-16H;1-16H;/q;-2;;+2. The van der Waals surface area contributed by atoms with Crippen molar-refractivity contribution in [2.75, 3.05) is 9.80 Å². The molecule has 4 aliphatic rings. The summed E-state index contributed by atoms with van der Waals surface area (Å²) in [6.07, 6.45) is 3.75. The van der Waals surface area contributed by atoms with Gasteiger partial charge < -0.3 is 39.7 Å². The van der Waals surface area contributed by atoms with Gasteiger partial charge >= 0.3 is 17.1 Å². The number of anilines is 6. The van der Waals surface area contributed by atoms with Crippen LogP contribution < -0.4 is 19.8 Å². The fraction of sp³-hybridized carbons (Fsp3) is 0.0294. The van der Waals surface area contributed by atoms with Crippen molar-refractivity contribution in [3.8, 4) is 90.1 Å². The first-order chi connectivity index (χ1) is 73.2. The first-order valence-corrected chi connectivity index (χ1v) is 50.2. The summed E-state index contributed by atoms with van der Waals surface area (Å²) in [5.74, 6) is 2.21. The Bertz CT molecular complexity index is 9210. The third-order valence-electron chi connectivity index (χ3n) is 30.1. The summed E-state index contributed by atoms with van der Waals surface area (Å²) in [5.41, 5.74) is 35.7. The molecule has 21 aromatic carbocycles. The van der Waals surface area contributed by atoms with Crippen LogP contribution in [0.25, 0.3) is 188 Å². The molecule has 13 heteroatoms. The quantitative estimate of drug-likeness (QED) is 0.0850. The van der Waals surface area contributed by atoms with Gasteiger partial charge in [-0.2, -0.15) is 0 Å². The molecule has 30 rings (SSSR count). The number of aryl methyl sites for hydroxylation is 2. The molecule has 0 saturated carbocycles. The third kappa shape index (κ3) is 14.6. The number of hydrogen-bond donors (Lipinski definition) is 0. The maximum atomic E-state index is 4.95. The van der Waals surface area contributed by atoms with Gasteiger partial charge in [-0.25, -0.2) is 9.97 Å². The first kappa shape index (κ1) is 88.9. The molecule has 149 heavy (non-hydrogen) atoms. The Labute approximate surface area is 870 Å². The molecule has 0 unspecified atom stereocenters. The van der Waals surface area contributed by atoms with E-state index in [1.807, 2.05) is 122 Å². The maximum absolute atomic E-state index is 4.95. The van der Waals surface area contributed by atoms with Gasteiger partial charge in [-0.05, 0) is 230 Å². The van der Waals surface area contributed by atoms with Crippen LogP contribution in [0.3, 0.4) is 0 Å². The number of pyridine rings is 2. The van der Waals surface area contributed by atoms with Crippen LogP contribution in [-0.4, -0.2) is 39.9 Å². The molecular weight excluding hydrogens is 1870 g/mol. The first-order valence-electron chi connectivity index (χ1n) is 50.2. The zero-order chi connectivity index (χ0) is 98.1. The fourth-order valence-electron chi connectivity index (χ4n) is 23.8. The molecule has 8 bridgehead atoms. The van der Waals surface area contributed by atoms with Crippen LogP contribution in [0, 0.1) is 13.8 Å². The Morgan fingerprint density at radius 2 is 0.483 bits per heavy atom. The molecular formula is C136H88CuN12. The van der Waals surface area contributed by atoms with Gasteiger partial charge in [0.2, 0.25) is 0 Å². The van der Waals surface area contributed by atoms with Crippen LogP contribution in [-0.2, 0) is 27.9 Å². The molecule has 2 aliphatic carbocycles. The number of aromatic nitrogens is 10. The third-order valence-corrected chi connectivity index (χ3v) is 30.1. The number of rotatable bonds is 12. The van der Waals surface area contributed by atoms with Crippen molar-refractivity contribution in [2.24, 2.45) is 0 Å². The average molecular weight is 1950 g/mol. The SMILES string of the molecule is Cc1cccc(N(c2cccc(C3(c4ccccc4)c4ccccc4-c4ccccc43)c2)c2ccc3ccc4c(N(c5cccc(C)c5)c5cccc(C6(c7ccccc7)c7ccccc7-c7ccccc76)c5)ccc5ccc2c3c54)c1.[Cu+2].c1ccc(-c2ccnc3c2ccc2c(-c4ccccc4)ccnc23)cc1.c1ccc2c(c1)-c1nc-2nc2[n-]c(nc3nc(nc4[n-]c(n1)c1ccccc41)-c1ccccc1-3)c1ccccc21. The second-order valence-electron chi connectivity index (χ2n) is 38.4. The smallest absolute Gasteiger partial charge is 0.357 e. The Morgan fingerprint density at radius 3 is 0.819 bits per heavy atom. The Kier molecular flexibility index (Phi) is 21.7. The van der Waals surface area contributed by atoms with E-state index in [4.69, 9.17) is 39.9 Å². The van der Waals surface area contributed by atoms with E-state index in [1.165, 1.54) is 132 Å². The van der Waals surface area contributed by atoms with Crippen molar-refractivity contribution in [3.63, 3.8) is 0 Å². The Morgan fingerprint density at radius 1 is 0.208 bits per heavy atom. The van der Waals surface area contributed by atoms with Gasteiger partial charge in [-0.3, -0.25) is 9.97 Å². The van der Waals surface area contributed by atoms with E-state index in [2.05, 4.69) is 410 Å². The van der Waals surface area contributed by atoms with Crippen molar-refractivity contribution >= 4 is 132 Å². The van der Waals surface area contributed by atoms with Crippen LogP contribution in [0.2, 0.25) is 0 Å². The second kappa shape index (κ2) is 36.4. The largest absolute Gasteiger partial charge is 2.00 e. The van der Waals surface area contributed by atoms with E-state index in [0.29, 0.717) is 45.9 Å². The fourth-order valence-corrected chi connectivity index (χ4v) is 23.8.